The minimum absolute atomic E-state index is 0.223. The third-order valence-corrected chi connectivity index (χ3v) is 5.27. The van der Waals surface area contributed by atoms with Gasteiger partial charge in [-0.15, -0.1) is 0 Å². The maximum Gasteiger partial charge on any atom is 0.243 e. The average Bonchev–Trinajstić information content (AvgIpc) is 3.38. The standard InChI is InChI=1S/C19H26N4O/c1-15(19-20-18(21-24-19)17-7-8-17)23-13-11-22(12-14-23)10-9-16-5-3-2-4-6-16/h2-6,15,17H,7-14H2,1H3/t15-/m0/s1. The first-order valence-electron chi connectivity index (χ1n) is 9.13. The molecule has 1 aliphatic carbocycles. The second-order valence-corrected chi connectivity index (χ2v) is 7.05. The lowest BCUT2D eigenvalue weighted by Gasteiger charge is -2.36. The summed E-state index contributed by atoms with van der Waals surface area (Å²) in [7, 11) is 0. The van der Waals surface area contributed by atoms with Crippen LogP contribution in [0.4, 0.5) is 0 Å². The summed E-state index contributed by atoms with van der Waals surface area (Å²) in [5.41, 5.74) is 1.42. The van der Waals surface area contributed by atoms with Crippen molar-refractivity contribution in [1.29, 1.82) is 0 Å². The maximum atomic E-state index is 5.50. The Balaban J connectivity index is 1.26. The van der Waals surface area contributed by atoms with E-state index in [1.54, 1.807) is 0 Å². The van der Waals surface area contributed by atoms with Gasteiger partial charge in [-0.1, -0.05) is 35.5 Å². The Morgan fingerprint density at radius 2 is 1.88 bits per heavy atom. The van der Waals surface area contributed by atoms with Crippen LogP contribution in [0.3, 0.4) is 0 Å². The van der Waals surface area contributed by atoms with Gasteiger partial charge in [0.2, 0.25) is 5.89 Å². The van der Waals surface area contributed by atoms with Crippen LogP contribution < -0.4 is 0 Å². The summed E-state index contributed by atoms with van der Waals surface area (Å²) >= 11 is 0. The molecular weight excluding hydrogens is 300 g/mol. The zero-order chi connectivity index (χ0) is 16.4. The van der Waals surface area contributed by atoms with Crippen molar-refractivity contribution in [3.8, 4) is 0 Å². The highest BCUT2D eigenvalue weighted by Crippen LogP contribution is 2.38. The van der Waals surface area contributed by atoms with Gasteiger partial charge in [0.25, 0.3) is 0 Å². The Morgan fingerprint density at radius 3 is 2.58 bits per heavy atom. The van der Waals surface area contributed by atoms with Crippen LogP contribution in [0.1, 0.15) is 49.0 Å². The molecule has 0 amide bonds. The van der Waals surface area contributed by atoms with Crippen LogP contribution in [0.2, 0.25) is 0 Å². The molecule has 1 saturated heterocycles. The quantitative estimate of drug-likeness (QED) is 0.817. The lowest BCUT2D eigenvalue weighted by atomic mass is 10.1. The first-order valence-corrected chi connectivity index (χ1v) is 9.13. The Bertz CT molecular complexity index is 644. The van der Waals surface area contributed by atoms with Crippen LogP contribution in [0.15, 0.2) is 34.9 Å². The van der Waals surface area contributed by atoms with E-state index in [1.807, 2.05) is 0 Å². The number of piperazine rings is 1. The smallest absolute Gasteiger partial charge is 0.243 e. The Kier molecular flexibility index (Phi) is 4.63. The molecule has 2 heterocycles. The zero-order valence-corrected chi connectivity index (χ0v) is 14.4. The van der Waals surface area contributed by atoms with E-state index in [1.165, 1.54) is 18.4 Å². The Labute approximate surface area is 143 Å². The second kappa shape index (κ2) is 7.03. The van der Waals surface area contributed by atoms with E-state index in [9.17, 15) is 0 Å². The van der Waals surface area contributed by atoms with Gasteiger partial charge in [-0.25, -0.2) is 0 Å². The van der Waals surface area contributed by atoms with E-state index in [-0.39, 0.29) is 6.04 Å². The van der Waals surface area contributed by atoms with Crippen LogP contribution >= 0.6 is 0 Å². The van der Waals surface area contributed by atoms with Crippen molar-refractivity contribution < 1.29 is 4.52 Å². The molecule has 5 heteroatoms. The van der Waals surface area contributed by atoms with Crippen molar-refractivity contribution in [3.63, 3.8) is 0 Å². The highest BCUT2D eigenvalue weighted by molar-refractivity contribution is 5.14. The fourth-order valence-corrected chi connectivity index (χ4v) is 3.39. The summed E-state index contributed by atoms with van der Waals surface area (Å²) < 4.78 is 5.50. The molecule has 0 spiro atoms. The van der Waals surface area contributed by atoms with Gasteiger partial charge in [0.15, 0.2) is 5.82 Å². The summed E-state index contributed by atoms with van der Waals surface area (Å²) in [6.07, 6.45) is 3.56. The summed E-state index contributed by atoms with van der Waals surface area (Å²) in [4.78, 5) is 9.63. The number of hydrogen-bond donors (Lipinski definition) is 0. The third kappa shape index (κ3) is 3.68. The first-order chi connectivity index (χ1) is 11.8. The van der Waals surface area contributed by atoms with E-state index in [0.717, 1.165) is 50.9 Å². The van der Waals surface area contributed by atoms with Gasteiger partial charge < -0.3 is 9.42 Å². The van der Waals surface area contributed by atoms with Gasteiger partial charge in [0.05, 0.1) is 6.04 Å². The lowest BCUT2D eigenvalue weighted by Crippen LogP contribution is -2.47. The molecule has 2 aliphatic rings. The first kappa shape index (κ1) is 15.8. The van der Waals surface area contributed by atoms with Crippen LogP contribution in [0.5, 0.6) is 0 Å². The lowest BCUT2D eigenvalue weighted by molar-refractivity contribution is 0.0890. The fraction of sp³-hybridized carbons (Fsp3) is 0.579. The molecule has 0 N–H and O–H groups in total. The molecule has 24 heavy (non-hydrogen) atoms. The normalized spacial score (nSPS) is 21.0. The van der Waals surface area contributed by atoms with Crippen molar-refractivity contribution in [1.82, 2.24) is 19.9 Å². The predicted octanol–water partition coefficient (Wildman–Crippen LogP) is 2.87. The van der Waals surface area contributed by atoms with Crippen LogP contribution in [-0.2, 0) is 6.42 Å². The fourth-order valence-electron chi connectivity index (χ4n) is 3.39. The minimum Gasteiger partial charge on any atom is -0.338 e. The summed E-state index contributed by atoms with van der Waals surface area (Å²) in [6, 6.07) is 11.0. The highest BCUT2D eigenvalue weighted by atomic mass is 16.5. The predicted molar refractivity (Wildman–Crippen MR) is 92.8 cm³/mol. The van der Waals surface area contributed by atoms with Crippen molar-refractivity contribution in [3.05, 3.63) is 47.6 Å². The van der Waals surface area contributed by atoms with E-state index in [0.29, 0.717) is 5.92 Å². The van der Waals surface area contributed by atoms with E-state index < -0.39 is 0 Å². The summed E-state index contributed by atoms with van der Waals surface area (Å²) in [6.45, 7) is 7.68. The van der Waals surface area contributed by atoms with Crippen molar-refractivity contribution in [2.24, 2.45) is 0 Å². The van der Waals surface area contributed by atoms with E-state index in [4.69, 9.17) is 4.52 Å². The monoisotopic (exact) mass is 326 g/mol. The number of rotatable bonds is 6. The van der Waals surface area contributed by atoms with Gasteiger partial charge in [-0.05, 0) is 31.7 Å². The summed E-state index contributed by atoms with van der Waals surface area (Å²) in [5, 5.41) is 4.15. The maximum absolute atomic E-state index is 5.50. The molecule has 1 aliphatic heterocycles. The molecule has 1 atom stereocenters. The molecule has 0 radical (unpaired) electrons. The third-order valence-electron chi connectivity index (χ3n) is 5.27. The number of aromatic nitrogens is 2. The molecule has 2 aromatic rings. The largest absolute Gasteiger partial charge is 0.338 e. The summed E-state index contributed by atoms with van der Waals surface area (Å²) in [5.74, 6) is 2.26. The SMILES string of the molecule is C[C@@H](c1nc(C2CC2)no1)N1CCN(CCc2ccccc2)CC1. The van der Waals surface area contributed by atoms with Crippen molar-refractivity contribution >= 4 is 0 Å². The molecule has 1 aromatic carbocycles. The number of nitrogens with zero attached hydrogens (tertiary/aromatic N) is 4. The van der Waals surface area contributed by atoms with Crippen LogP contribution in [-0.4, -0.2) is 52.7 Å². The van der Waals surface area contributed by atoms with Gasteiger partial charge >= 0.3 is 0 Å². The second-order valence-electron chi connectivity index (χ2n) is 7.05. The molecular formula is C19H26N4O. The molecule has 2 fully saturated rings. The molecule has 5 nitrogen and oxygen atoms in total. The molecule has 4 rings (SSSR count). The molecule has 1 saturated carbocycles. The highest BCUT2D eigenvalue weighted by Gasteiger charge is 2.31. The van der Waals surface area contributed by atoms with Gasteiger partial charge in [0.1, 0.15) is 0 Å². The van der Waals surface area contributed by atoms with E-state index >= 15 is 0 Å². The van der Waals surface area contributed by atoms with Gasteiger partial charge in [0, 0.05) is 38.6 Å². The van der Waals surface area contributed by atoms with Crippen molar-refractivity contribution in [2.45, 2.75) is 38.1 Å². The Hall–Kier alpha value is -1.72. The van der Waals surface area contributed by atoms with Crippen LogP contribution in [0.25, 0.3) is 0 Å². The van der Waals surface area contributed by atoms with Gasteiger partial charge in [-0.3, -0.25) is 4.90 Å². The topological polar surface area (TPSA) is 45.4 Å². The molecule has 0 bridgehead atoms. The van der Waals surface area contributed by atoms with Crippen LogP contribution in [0, 0.1) is 0 Å². The van der Waals surface area contributed by atoms with Gasteiger partial charge in [-0.2, -0.15) is 4.98 Å². The molecule has 128 valence electrons. The molecule has 1 aromatic heterocycles. The molecule has 0 unspecified atom stereocenters. The number of hydrogen-bond acceptors (Lipinski definition) is 5. The zero-order valence-electron chi connectivity index (χ0n) is 14.4. The minimum atomic E-state index is 0.223. The number of benzene rings is 1. The Morgan fingerprint density at radius 1 is 1.12 bits per heavy atom. The van der Waals surface area contributed by atoms with Crippen molar-refractivity contribution in [2.75, 3.05) is 32.7 Å². The van der Waals surface area contributed by atoms with E-state index in [2.05, 4.69) is 57.2 Å². The average molecular weight is 326 g/mol.